The first-order chi connectivity index (χ1) is 13.4. The Kier molecular flexibility index (Phi) is 4.56. The summed E-state index contributed by atoms with van der Waals surface area (Å²) in [7, 11) is 0. The smallest absolute Gasteiger partial charge is 0.358 e. The van der Waals surface area contributed by atoms with Gasteiger partial charge in [-0.3, -0.25) is 9.69 Å². The van der Waals surface area contributed by atoms with Gasteiger partial charge < -0.3 is 19.5 Å². The molecule has 9 heteroatoms. The number of hydrogen-bond donors (Lipinski definition) is 2. The number of benzene rings is 1. The zero-order chi connectivity index (χ0) is 20.0. The van der Waals surface area contributed by atoms with Gasteiger partial charge in [0.15, 0.2) is 5.69 Å². The van der Waals surface area contributed by atoms with Gasteiger partial charge in [0, 0.05) is 26.2 Å². The summed E-state index contributed by atoms with van der Waals surface area (Å²) in [5.74, 6) is -2.07. The number of carboxylic acids is 1. The molecule has 0 atom stereocenters. The van der Waals surface area contributed by atoms with Gasteiger partial charge in [0.05, 0.1) is 24.2 Å². The number of aromatic carboxylic acids is 1. The minimum atomic E-state index is -1.44. The number of imidazole rings is 1. The largest absolute Gasteiger partial charge is 0.501 e. The standard InChI is InChI=1S/C19H22N4O5/c1-11-9-13-14(10-12(11)2)23-17(25)16(24)15(18(26)27)20-19(23)22(13)4-3-21-5-7-28-8-6-21/h9-10,24H,3-8H2,1-2H3,(H,26,27). The second-order valence-corrected chi connectivity index (χ2v) is 7.09. The number of aryl methyl sites for hydroxylation is 2. The molecule has 0 aliphatic carbocycles. The molecule has 0 spiro atoms. The lowest BCUT2D eigenvalue weighted by Gasteiger charge is -2.26. The topological polar surface area (TPSA) is 109 Å². The number of nitrogens with zero attached hydrogens (tertiary/aromatic N) is 4. The van der Waals surface area contributed by atoms with Crippen molar-refractivity contribution in [1.82, 2.24) is 18.9 Å². The molecule has 2 N–H and O–H groups in total. The van der Waals surface area contributed by atoms with E-state index < -0.39 is 23.0 Å². The minimum Gasteiger partial charge on any atom is -0.501 e. The van der Waals surface area contributed by atoms with Crippen LogP contribution < -0.4 is 5.56 Å². The zero-order valence-corrected chi connectivity index (χ0v) is 15.8. The lowest BCUT2D eigenvalue weighted by Crippen LogP contribution is -2.38. The van der Waals surface area contributed by atoms with E-state index in [9.17, 15) is 19.8 Å². The predicted octanol–water partition coefficient (Wildman–Crippen LogP) is 1.00. The van der Waals surface area contributed by atoms with Crippen LogP contribution in [-0.2, 0) is 11.3 Å². The van der Waals surface area contributed by atoms with Crippen molar-refractivity contribution in [3.05, 3.63) is 39.3 Å². The Morgan fingerprint density at radius 1 is 1.14 bits per heavy atom. The van der Waals surface area contributed by atoms with E-state index in [2.05, 4.69) is 9.88 Å². The molecular weight excluding hydrogens is 364 g/mol. The highest BCUT2D eigenvalue weighted by Gasteiger charge is 2.23. The molecule has 2 aromatic heterocycles. The highest BCUT2D eigenvalue weighted by molar-refractivity contribution is 5.90. The molecule has 0 unspecified atom stereocenters. The zero-order valence-electron chi connectivity index (χ0n) is 15.8. The van der Waals surface area contributed by atoms with E-state index in [1.54, 1.807) is 0 Å². The van der Waals surface area contributed by atoms with Gasteiger partial charge in [-0.05, 0) is 37.1 Å². The van der Waals surface area contributed by atoms with Crippen molar-refractivity contribution in [3.63, 3.8) is 0 Å². The van der Waals surface area contributed by atoms with E-state index in [0.29, 0.717) is 25.3 Å². The Balaban J connectivity index is 1.95. The van der Waals surface area contributed by atoms with Crippen LogP contribution in [0.1, 0.15) is 21.6 Å². The number of hydrogen-bond acceptors (Lipinski definition) is 6. The SMILES string of the molecule is Cc1cc2c(cc1C)n1c(=O)c(O)c(C(=O)O)nc1n2CCN1CCOCC1. The van der Waals surface area contributed by atoms with Gasteiger partial charge in [-0.15, -0.1) is 0 Å². The van der Waals surface area contributed by atoms with Crippen LogP contribution in [0.15, 0.2) is 16.9 Å². The van der Waals surface area contributed by atoms with Crippen molar-refractivity contribution in [3.8, 4) is 5.75 Å². The van der Waals surface area contributed by atoms with Gasteiger partial charge in [-0.2, -0.15) is 0 Å². The number of ether oxygens (including phenoxy) is 1. The Labute approximate surface area is 160 Å². The second kappa shape index (κ2) is 6.92. The molecule has 1 fully saturated rings. The van der Waals surface area contributed by atoms with Crippen LogP contribution in [0.2, 0.25) is 0 Å². The molecule has 0 bridgehead atoms. The van der Waals surface area contributed by atoms with Gasteiger partial charge in [-0.25, -0.2) is 14.2 Å². The number of aromatic hydroxyl groups is 1. The van der Waals surface area contributed by atoms with Gasteiger partial charge in [0.25, 0.3) is 0 Å². The van der Waals surface area contributed by atoms with Gasteiger partial charge in [-0.1, -0.05) is 0 Å². The maximum Gasteiger partial charge on any atom is 0.358 e. The van der Waals surface area contributed by atoms with E-state index in [-0.39, 0.29) is 5.78 Å². The Hall–Kier alpha value is -2.91. The monoisotopic (exact) mass is 386 g/mol. The molecule has 3 aromatic rings. The summed E-state index contributed by atoms with van der Waals surface area (Å²) in [4.78, 5) is 30.6. The number of carboxylic acid groups (broad SMARTS) is 1. The second-order valence-electron chi connectivity index (χ2n) is 7.09. The number of fused-ring (bicyclic) bond motifs is 3. The van der Waals surface area contributed by atoms with Gasteiger partial charge in [0.1, 0.15) is 0 Å². The molecule has 1 aliphatic heterocycles. The minimum absolute atomic E-state index is 0.216. The quantitative estimate of drug-likeness (QED) is 0.688. The first-order valence-corrected chi connectivity index (χ1v) is 9.17. The maximum absolute atomic E-state index is 12.8. The van der Waals surface area contributed by atoms with E-state index in [1.165, 1.54) is 4.40 Å². The molecule has 148 valence electrons. The highest BCUT2D eigenvalue weighted by atomic mass is 16.5. The highest BCUT2D eigenvalue weighted by Crippen LogP contribution is 2.24. The molecule has 0 saturated carbocycles. The molecule has 4 rings (SSSR count). The summed E-state index contributed by atoms with van der Waals surface area (Å²) in [6.45, 7) is 8.18. The van der Waals surface area contributed by atoms with Crippen LogP contribution in [0.3, 0.4) is 0 Å². The third kappa shape index (κ3) is 2.92. The van der Waals surface area contributed by atoms with E-state index >= 15 is 0 Å². The van der Waals surface area contributed by atoms with Crippen molar-refractivity contribution in [2.75, 3.05) is 32.8 Å². The molecule has 1 saturated heterocycles. The fourth-order valence-corrected chi connectivity index (χ4v) is 3.62. The predicted molar refractivity (Wildman–Crippen MR) is 102 cm³/mol. The summed E-state index contributed by atoms with van der Waals surface area (Å²) in [5.41, 5.74) is 2.02. The Morgan fingerprint density at radius 3 is 2.43 bits per heavy atom. The van der Waals surface area contributed by atoms with E-state index in [4.69, 9.17) is 4.74 Å². The molecule has 1 aliphatic rings. The van der Waals surface area contributed by atoms with Gasteiger partial charge in [0.2, 0.25) is 11.5 Å². The normalized spacial score (nSPS) is 15.5. The van der Waals surface area contributed by atoms with Crippen molar-refractivity contribution < 1.29 is 19.7 Å². The Morgan fingerprint density at radius 2 is 1.79 bits per heavy atom. The summed E-state index contributed by atoms with van der Waals surface area (Å²) in [6, 6.07) is 3.83. The number of carbonyl (C=O) groups is 1. The van der Waals surface area contributed by atoms with Crippen LogP contribution in [0.4, 0.5) is 0 Å². The summed E-state index contributed by atoms with van der Waals surface area (Å²) < 4.78 is 8.52. The molecular formula is C19H22N4O5. The van der Waals surface area contributed by atoms with Crippen LogP contribution in [0, 0.1) is 13.8 Å². The number of aromatic nitrogens is 3. The van der Waals surface area contributed by atoms with Crippen molar-refractivity contribution in [1.29, 1.82) is 0 Å². The average Bonchev–Trinajstić information content (AvgIpc) is 2.96. The van der Waals surface area contributed by atoms with Crippen molar-refractivity contribution in [2.24, 2.45) is 0 Å². The first kappa shape index (κ1) is 18.5. The molecule has 0 amide bonds. The molecule has 0 radical (unpaired) electrons. The number of rotatable bonds is 4. The van der Waals surface area contributed by atoms with E-state index in [1.807, 2.05) is 30.5 Å². The first-order valence-electron chi connectivity index (χ1n) is 9.17. The fraction of sp³-hybridized carbons (Fsp3) is 0.421. The molecule has 1 aromatic carbocycles. The third-order valence-corrected chi connectivity index (χ3v) is 5.35. The average molecular weight is 386 g/mol. The van der Waals surface area contributed by atoms with Crippen molar-refractivity contribution >= 4 is 22.8 Å². The van der Waals surface area contributed by atoms with Crippen LogP contribution >= 0.6 is 0 Å². The summed E-state index contributed by atoms with van der Waals surface area (Å²) in [6.07, 6.45) is 0. The molecule has 3 heterocycles. The Bertz CT molecular complexity index is 1140. The van der Waals surface area contributed by atoms with Crippen molar-refractivity contribution in [2.45, 2.75) is 20.4 Å². The van der Waals surface area contributed by atoms with Crippen LogP contribution in [-0.4, -0.2) is 67.9 Å². The maximum atomic E-state index is 12.8. The van der Waals surface area contributed by atoms with E-state index in [0.717, 1.165) is 36.3 Å². The lowest BCUT2D eigenvalue weighted by atomic mass is 10.1. The van der Waals surface area contributed by atoms with Crippen LogP contribution in [0.25, 0.3) is 16.8 Å². The molecule has 9 nitrogen and oxygen atoms in total. The molecule has 28 heavy (non-hydrogen) atoms. The van der Waals surface area contributed by atoms with Gasteiger partial charge >= 0.3 is 11.5 Å². The fourth-order valence-electron chi connectivity index (χ4n) is 3.62. The van der Waals surface area contributed by atoms with Crippen LogP contribution in [0.5, 0.6) is 5.75 Å². The lowest BCUT2D eigenvalue weighted by molar-refractivity contribution is 0.0366. The third-order valence-electron chi connectivity index (χ3n) is 5.35. The number of morpholine rings is 1. The summed E-state index contributed by atoms with van der Waals surface area (Å²) >= 11 is 0. The summed E-state index contributed by atoms with van der Waals surface area (Å²) in [5, 5.41) is 19.4.